The molecule has 2 N–H and O–H groups in total. The molecule has 0 aliphatic carbocycles. The Morgan fingerprint density at radius 3 is 2.41 bits per heavy atom. The molecule has 0 unspecified atom stereocenters. The number of piperidine rings is 1. The maximum Gasteiger partial charge on any atom is 0.407 e. The molecule has 172 valence electrons. The van der Waals surface area contributed by atoms with E-state index >= 15 is 0 Å². The standard InChI is InChI=1S/C20H40N4O4.HI/c1-6-21-18(22-11-7-12-23-19(25)28-20(2,3)4)24-13-9-17(10-14-24)27-16-8-15-26-5;/h17H,6-16H2,1-5H3,(H,21,22)(H,23,25);1H. The van der Waals surface area contributed by atoms with E-state index < -0.39 is 5.60 Å². The van der Waals surface area contributed by atoms with Gasteiger partial charge in [-0.15, -0.1) is 24.0 Å². The van der Waals surface area contributed by atoms with E-state index in [1.165, 1.54) is 0 Å². The van der Waals surface area contributed by atoms with E-state index in [2.05, 4.69) is 22.5 Å². The molecule has 0 aromatic heterocycles. The summed E-state index contributed by atoms with van der Waals surface area (Å²) >= 11 is 0. The monoisotopic (exact) mass is 528 g/mol. The Labute approximate surface area is 193 Å². The van der Waals surface area contributed by atoms with Crippen LogP contribution < -0.4 is 10.6 Å². The van der Waals surface area contributed by atoms with Gasteiger partial charge in [0.25, 0.3) is 0 Å². The van der Waals surface area contributed by atoms with Gasteiger partial charge in [-0.2, -0.15) is 0 Å². The van der Waals surface area contributed by atoms with E-state index in [1.807, 2.05) is 20.8 Å². The summed E-state index contributed by atoms with van der Waals surface area (Å²) in [6.45, 7) is 13.1. The highest BCUT2D eigenvalue weighted by atomic mass is 127. The van der Waals surface area contributed by atoms with Crippen LogP contribution in [0.4, 0.5) is 4.79 Å². The number of alkyl carbamates (subject to hydrolysis) is 1. The molecule has 0 atom stereocenters. The van der Waals surface area contributed by atoms with Crippen molar-refractivity contribution in [2.45, 2.75) is 65.1 Å². The van der Waals surface area contributed by atoms with Gasteiger partial charge in [0.15, 0.2) is 5.96 Å². The second-order valence-corrected chi connectivity index (χ2v) is 7.92. The van der Waals surface area contributed by atoms with Crippen LogP contribution in [0.2, 0.25) is 0 Å². The molecule has 0 aromatic rings. The molecule has 0 saturated carbocycles. The Kier molecular flexibility index (Phi) is 15.5. The number of nitrogens with zero attached hydrogens (tertiary/aromatic N) is 2. The summed E-state index contributed by atoms with van der Waals surface area (Å²) in [5.74, 6) is 0.942. The SMILES string of the molecule is CCNC(=NCCCNC(=O)OC(C)(C)C)N1CCC(OCCCOC)CC1.I. The van der Waals surface area contributed by atoms with E-state index in [0.717, 1.165) is 64.5 Å². The number of aliphatic imine (C=N–C) groups is 1. The summed E-state index contributed by atoms with van der Waals surface area (Å²) in [4.78, 5) is 18.6. The lowest BCUT2D eigenvalue weighted by molar-refractivity contribution is 0.00990. The van der Waals surface area contributed by atoms with Crippen molar-refractivity contribution in [2.75, 3.05) is 53.0 Å². The van der Waals surface area contributed by atoms with Crippen LogP contribution in [0.1, 0.15) is 53.4 Å². The average Bonchev–Trinajstić information content (AvgIpc) is 2.63. The van der Waals surface area contributed by atoms with Crippen LogP contribution >= 0.6 is 24.0 Å². The highest BCUT2D eigenvalue weighted by Gasteiger charge is 2.21. The van der Waals surface area contributed by atoms with Crippen LogP contribution in [0.3, 0.4) is 0 Å². The number of guanidine groups is 1. The number of hydrogen-bond acceptors (Lipinski definition) is 5. The quantitative estimate of drug-likeness (QED) is 0.196. The molecule has 1 aliphatic heterocycles. The lowest BCUT2D eigenvalue weighted by Crippen LogP contribution is -2.47. The van der Waals surface area contributed by atoms with Gasteiger partial charge in [-0.25, -0.2) is 4.79 Å². The molecule has 1 rings (SSSR count). The van der Waals surface area contributed by atoms with Crippen molar-refractivity contribution in [1.82, 2.24) is 15.5 Å². The summed E-state index contributed by atoms with van der Waals surface area (Å²) in [5.41, 5.74) is -0.472. The van der Waals surface area contributed by atoms with Crippen molar-refractivity contribution in [3.63, 3.8) is 0 Å². The van der Waals surface area contributed by atoms with Crippen molar-refractivity contribution in [3.05, 3.63) is 0 Å². The molecule has 1 aliphatic rings. The number of amides is 1. The van der Waals surface area contributed by atoms with Gasteiger partial charge in [-0.3, -0.25) is 4.99 Å². The topological polar surface area (TPSA) is 84.4 Å². The number of hydrogen-bond donors (Lipinski definition) is 2. The smallest absolute Gasteiger partial charge is 0.407 e. The largest absolute Gasteiger partial charge is 0.444 e. The first kappa shape index (κ1) is 28.2. The predicted molar refractivity (Wildman–Crippen MR) is 127 cm³/mol. The third kappa shape index (κ3) is 13.9. The van der Waals surface area contributed by atoms with Gasteiger partial charge in [-0.1, -0.05) is 0 Å². The summed E-state index contributed by atoms with van der Waals surface area (Å²) < 4.78 is 16.2. The molecular weight excluding hydrogens is 487 g/mol. The normalized spacial score (nSPS) is 15.6. The first-order valence-corrected chi connectivity index (χ1v) is 10.5. The van der Waals surface area contributed by atoms with Crippen molar-refractivity contribution in [2.24, 2.45) is 4.99 Å². The molecule has 0 spiro atoms. The molecule has 1 amide bonds. The number of ether oxygens (including phenoxy) is 3. The first-order chi connectivity index (χ1) is 13.4. The fraction of sp³-hybridized carbons (Fsp3) is 0.900. The number of carbonyl (C=O) groups excluding carboxylic acids is 1. The molecular formula is C20H41IN4O4. The maximum absolute atomic E-state index is 11.6. The van der Waals surface area contributed by atoms with Crippen LogP contribution in [0.15, 0.2) is 4.99 Å². The van der Waals surface area contributed by atoms with Gasteiger partial charge in [0, 0.05) is 53.0 Å². The summed E-state index contributed by atoms with van der Waals surface area (Å²) in [5, 5.41) is 6.13. The number of rotatable bonds is 10. The number of halogens is 1. The highest BCUT2D eigenvalue weighted by Crippen LogP contribution is 2.14. The fourth-order valence-corrected chi connectivity index (χ4v) is 2.88. The maximum atomic E-state index is 11.6. The van der Waals surface area contributed by atoms with Crippen LogP contribution in [0.25, 0.3) is 0 Å². The molecule has 1 fully saturated rings. The minimum atomic E-state index is -0.472. The van der Waals surface area contributed by atoms with E-state index in [9.17, 15) is 4.79 Å². The van der Waals surface area contributed by atoms with Gasteiger partial charge in [-0.05, 0) is 53.4 Å². The Balaban J connectivity index is 0.00000784. The zero-order valence-corrected chi connectivity index (χ0v) is 21.1. The molecule has 0 bridgehead atoms. The predicted octanol–water partition coefficient (Wildman–Crippen LogP) is 3.00. The molecule has 29 heavy (non-hydrogen) atoms. The minimum absolute atomic E-state index is 0. The van der Waals surface area contributed by atoms with Crippen molar-refractivity contribution < 1.29 is 19.0 Å². The minimum Gasteiger partial charge on any atom is -0.444 e. The Hall–Kier alpha value is -0.810. The average molecular weight is 528 g/mol. The first-order valence-electron chi connectivity index (χ1n) is 10.5. The van der Waals surface area contributed by atoms with E-state index in [1.54, 1.807) is 7.11 Å². The zero-order valence-electron chi connectivity index (χ0n) is 18.8. The van der Waals surface area contributed by atoms with Crippen LogP contribution in [-0.4, -0.2) is 81.7 Å². The lowest BCUT2D eigenvalue weighted by Gasteiger charge is -2.34. The van der Waals surface area contributed by atoms with Gasteiger partial charge in [0.05, 0.1) is 6.10 Å². The third-order valence-corrected chi connectivity index (χ3v) is 4.19. The number of nitrogens with one attached hydrogen (secondary N) is 2. The van der Waals surface area contributed by atoms with Gasteiger partial charge >= 0.3 is 6.09 Å². The summed E-state index contributed by atoms with van der Waals surface area (Å²) in [6.07, 6.45) is 3.69. The molecule has 9 heteroatoms. The van der Waals surface area contributed by atoms with Gasteiger partial charge in [0.1, 0.15) is 5.60 Å². The molecule has 1 heterocycles. The van der Waals surface area contributed by atoms with Gasteiger partial charge in [0.2, 0.25) is 0 Å². The van der Waals surface area contributed by atoms with E-state index in [4.69, 9.17) is 19.2 Å². The number of methoxy groups -OCH3 is 1. The second-order valence-electron chi connectivity index (χ2n) is 7.92. The van der Waals surface area contributed by atoms with Crippen LogP contribution in [0, 0.1) is 0 Å². The van der Waals surface area contributed by atoms with Crippen LogP contribution in [-0.2, 0) is 14.2 Å². The lowest BCUT2D eigenvalue weighted by atomic mass is 10.1. The molecule has 1 saturated heterocycles. The third-order valence-electron chi connectivity index (χ3n) is 4.19. The molecule has 0 radical (unpaired) electrons. The van der Waals surface area contributed by atoms with Crippen LogP contribution in [0.5, 0.6) is 0 Å². The Morgan fingerprint density at radius 2 is 1.83 bits per heavy atom. The summed E-state index contributed by atoms with van der Waals surface area (Å²) in [7, 11) is 1.72. The summed E-state index contributed by atoms with van der Waals surface area (Å²) in [6, 6.07) is 0. The number of likely N-dealkylation sites (tertiary alicyclic amines) is 1. The molecule has 8 nitrogen and oxygen atoms in total. The fourth-order valence-electron chi connectivity index (χ4n) is 2.88. The van der Waals surface area contributed by atoms with E-state index in [0.29, 0.717) is 19.2 Å². The van der Waals surface area contributed by atoms with Gasteiger partial charge < -0.3 is 29.7 Å². The molecule has 0 aromatic carbocycles. The van der Waals surface area contributed by atoms with Crippen molar-refractivity contribution >= 4 is 36.0 Å². The second kappa shape index (κ2) is 16.0. The van der Waals surface area contributed by atoms with E-state index in [-0.39, 0.29) is 30.1 Å². The highest BCUT2D eigenvalue weighted by molar-refractivity contribution is 14.0. The van der Waals surface area contributed by atoms with Crippen molar-refractivity contribution in [3.8, 4) is 0 Å². The van der Waals surface area contributed by atoms with Crippen molar-refractivity contribution in [1.29, 1.82) is 0 Å². The Morgan fingerprint density at radius 1 is 1.14 bits per heavy atom. The number of carbonyl (C=O) groups is 1. The Bertz CT molecular complexity index is 464. The zero-order chi connectivity index (χ0) is 20.8.